The summed E-state index contributed by atoms with van der Waals surface area (Å²) in [6.45, 7) is 0. The van der Waals surface area contributed by atoms with Gasteiger partial charge in [0.2, 0.25) is 17.3 Å². The van der Waals surface area contributed by atoms with Gasteiger partial charge in [-0.15, -0.1) is 11.3 Å². The van der Waals surface area contributed by atoms with Crippen LogP contribution in [0.4, 0.5) is 0 Å². The quantitative estimate of drug-likeness (QED) is 0.891. The molecule has 17 heavy (non-hydrogen) atoms. The zero-order valence-electron chi connectivity index (χ0n) is 8.01. The molecule has 0 aliphatic heterocycles. The molecule has 0 spiro atoms. The van der Waals surface area contributed by atoms with Crippen LogP contribution in [0, 0.1) is 0 Å². The Labute approximate surface area is 103 Å². The van der Waals surface area contributed by atoms with Crippen molar-refractivity contribution in [3.05, 3.63) is 27.9 Å². The highest BCUT2D eigenvalue weighted by molar-refractivity contribution is 7.14. The van der Waals surface area contributed by atoms with Crippen molar-refractivity contribution in [1.29, 1.82) is 0 Å². The van der Waals surface area contributed by atoms with Gasteiger partial charge in [-0.25, -0.2) is 14.6 Å². The van der Waals surface area contributed by atoms with Crippen molar-refractivity contribution in [2.24, 2.45) is 0 Å². The van der Waals surface area contributed by atoms with Gasteiger partial charge in [-0.05, 0) is 11.4 Å². The van der Waals surface area contributed by atoms with Gasteiger partial charge in [0.25, 0.3) is 0 Å². The molecule has 0 unspecified atom stereocenters. The van der Waals surface area contributed by atoms with E-state index in [2.05, 4.69) is 4.98 Å². The maximum absolute atomic E-state index is 10.8. The SMILES string of the molecule is O=C(O)c1nc(-c2sccc2Cl)oc1C(=O)O. The van der Waals surface area contributed by atoms with Gasteiger partial charge in [0, 0.05) is 0 Å². The summed E-state index contributed by atoms with van der Waals surface area (Å²) < 4.78 is 4.90. The zero-order valence-corrected chi connectivity index (χ0v) is 9.58. The number of carboxylic acids is 2. The molecule has 2 N–H and O–H groups in total. The number of nitrogens with zero attached hydrogens (tertiary/aromatic N) is 1. The molecule has 2 rings (SSSR count). The Morgan fingerprint density at radius 1 is 1.35 bits per heavy atom. The third-order valence-corrected chi connectivity index (χ3v) is 3.16. The van der Waals surface area contributed by atoms with Crippen molar-refractivity contribution in [3.63, 3.8) is 0 Å². The Hall–Kier alpha value is -1.86. The van der Waals surface area contributed by atoms with E-state index in [9.17, 15) is 9.59 Å². The van der Waals surface area contributed by atoms with Crippen LogP contribution in [0.1, 0.15) is 21.0 Å². The Kier molecular flexibility index (Phi) is 2.86. The second-order valence-corrected chi connectivity index (χ2v) is 4.23. The highest BCUT2D eigenvalue weighted by atomic mass is 35.5. The average Bonchev–Trinajstić information content (AvgIpc) is 2.82. The summed E-state index contributed by atoms with van der Waals surface area (Å²) in [5.41, 5.74) is -0.642. The first kappa shape index (κ1) is 11.6. The van der Waals surface area contributed by atoms with Crippen LogP contribution in [-0.4, -0.2) is 27.1 Å². The molecule has 0 aliphatic rings. The molecule has 0 radical (unpaired) electrons. The lowest BCUT2D eigenvalue weighted by Gasteiger charge is -1.89. The monoisotopic (exact) mass is 273 g/mol. The molecule has 0 saturated heterocycles. The van der Waals surface area contributed by atoms with Crippen molar-refractivity contribution < 1.29 is 24.2 Å². The second kappa shape index (κ2) is 4.19. The second-order valence-electron chi connectivity index (χ2n) is 2.90. The first-order chi connectivity index (χ1) is 8.00. The van der Waals surface area contributed by atoms with Gasteiger partial charge in [-0.2, -0.15) is 0 Å². The Balaban J connectivity index is 2.59. The van der Waals surface area contributed by atoms with E-state index in [1.165, 1.54) is 11.3 Å². The maximum Gasteiger partial charge on any atom is 0.374 e. The number of hydrogen-bond donors (Lipinski definition) is 2. The number of halogens is 1. The van der Waals surface area contributed by atoms with Crippen molar-refractivity contribution in [2.45, 2.75) is 0 Å². The molecule has 0 saturated carbocycles. The van der Waals surface area contributed by atoms with E-state index in [0.717, 1.165) is 0 Å². The van der Waals surface area contributed by atoms with E-state index in [1.807, 2.05) is 0 Å². The third kappa shape index (κ3) is 2.02. The Bertz CT molecular complexity index is 571. The molecule has 0 fully saturated rings. The first-order valence-corrected chi connectivity index (χ1v) is 5.47. The number of aromatic carboxylic acids is 2. The van der Waals surface area contributed by atoms with Crippen LogP contribution in [-0.2, 0) is 0 Å². The van der Waals surface area contributed by atoms with Gasteiger partial charge in [0.1, 0.15) is 4.88 Å². The smallest absolute Gasteiger partial charge is 0.374 e. The van der Waals surface area contributed by atoms with Crippen molar-refractivity contribution >= 4 is 34.9 Å². The van der Waals surface area contributed by atoms with Crippen LogP contribution in [0.25, 0.3) is 10.8 Å². The number of rotatable bonds is 3. The van der Waals surface area contributed by atoms with Gasteiger partial charge in [0.05, 0.1) is 5.02 Å². The molecule has 0 aliphatic carbocycles. The fraction of sp³-hybridized carbons (Fsp3) is 0. The minimum atomic E-state index is -1.49. The van der Waals surface area contributed by atoms with E-state index in [0.29, 0.717) is 9.90 Å². The van der Waals surface area contributed by atoms with Gasteiger partial charge < -0.3 is 14.6 Å². The molecule has 2 heterocycles. The molecule has 8 heteroatoms. The number of carboxylic acid groups (broad SMARTS) is 2. The van der Waals surface area contributed by atoms with Crippen LogP contribution in [0.3, 0.4) is 0 Å². The largest absolute Gasteiger partial charge is 0.476 e. The topological polar surface area (TPSA) is 101 Å². The lowest BCUT2D eigenvalue weighted by atomic mass is 10.3. The van der Waals surface area contributed by atoms with E-state index < -0.39 is 23.4 Å². The minimum absolute atomic E-state index is 0.111. The fourth-order valence-corrected chi connectivity index (χ4v) is 2.21. The lowest BCUT2D eigenvalue weighted by molar-refractivity contribution is 0.0624. The van der Waals surface area contributed by atoms with Gasteiger partial charge in [0.15, 0.2) is 0 Å². The molecule has 0 aromatic carbocycles. The standard InChI is InChI=1S/C9H4ClNO5S/c10-3-1-2-17-6(3)7-11-4(8(12)13)5(16-7)9(14)15/h1-2H,(H,12,13)(H,14,15). The molecule has 0 amide bonds. The fourth-order valence-electron chi connectivity index (χ4n) is 1.15. The van der Waals surface area contributed by atoms with Crippen LogP contribution in [0.15, 0.2) is 15.9 Å². The number of aromatic nitrogens is 1. The summed E-state index contributed by atoms with van der Waals surface area (Å²) in [6, 6.07) is 1.58. The summed E-state index contributed by atoms with van der Waals surface area (Å²) in [6.07, 6.45) is 0. The van der Waals surface area contributed by atoms with Crippen molar-refractivity contribution in [3.8, 4) is 10.8 Å². The van der Waals surface area contributed by atoms with E-state index in [4.69, 9.17) is 26.2 Å². The Morgan fingerprint density at radius 2 is 2.06 bits per heavy atom. The van der Waals surface area contributed by atoms with Gasteiger partial charge in [-0.1, -0.05) is 11.6 Å². The van der Waals surface area contributed by atoms with Crippen LogP contribution in [0.2, 0.25) is 5.02 Å². The number of oxazole rings is 1. The zero-order chi connectivity index (χ0) is 12.6. The molecule has 0 bridgehead atoms. The highest BCUT2D eigenvalue weighted by Crippen LogP contribution is 2.33. The number of carbonyl (C=O) groups is 2. The molecular formula is C9H4ClNO5S. The summed E-state index contributed by atoms with van der Waals surface area (Å²) in [7, 11) is 0. The van der Waals surface area contributed by atoms with Crippen molar-refractivity contribution in [2.75, 3.05) is 0 Å². The van der Waals surface area contributed by atoms with Gasteiger partial charge >= 0.3 is 11.9 Å². The summed E-state index contributed by atoms with van der Waals surface area (Å²) in [4.78, 5) is 25.5. The van der Waals surface area contributed by atoms with Gasteiger partial charge in [-0.3, -0.25) is 0 Å². The molecule has 6 nitrogen and oxygen atoms in total. The molecular weight excluding hydrogens is 270 g/mol. The Morgan fingerprint density at radius 3 is 2.47 bits per heavy atom. The number of thiophene rings is 1. The highest BCUT2D eigenvalue weighted by Gasteiger charge is 2.26. The summed E-state index contributed by atoms with van der Waals surface area (Å²) in [5, 5.41) is 19.5. The van der Waals surface area contributed by atoms with Crippen LogP contribution < -0.4 is 0 Å². The van der Waals surface area contributed by atoms with E-state index >= 15 is 0 Å². The normalized spacial score (nSPS) is 10.4. The predicted molar refractivity (Wildman–Crippen MR) is 58.7 cm³/mol. The summed E-state index contributed by atoms with van der Waals surface area (Å²) in [5.74, 6) is -3.78. The van der Waals surface area contributed by atoms with Crippen LogP contribution >= 0.6 is 22.9 Å². The van der Waals surface area contributed by atoms with Crippen molar-refractivity contribution in [1.82, 2.24) is 4.98 Å². The predicted octanol–water partition coefficient (Wildman–Crippen LogP) is 2.45. The number of hydrogen-bond acceptors (Lipinski definition) is 5. The third-order valence-electron chi connectivity index (χ3n) is 1.84. The molecule has 2 aromatic heterocycles. The van der Waals surface area contributed by atoms with E-state index in [1.54, 1.807) is 11.4 Å². The van der Waals surface area contributed by atoms with Crippen LogP contribution in [0.5, 0.6) is 0 Å². The first-order valence-electron chi connectivity index (χ1n) is 4.21. The molecule has 0 atom stereocenters. The molecule has 2 aromatic rings. The maximum atomic E-state index is 10.8. The summed E-state index contributed by atoms with van der Waals surface area (Å²) >= 11 is 6.98. The molecule has 88 valence electrons. The average molecular weight is 274 g/mol. The minimum Gasteiger partial charge on any atom is -0.476 e. The van der Waals surface area contributed by atoms with E-state index in [-0.39, 0.29) is 5.89 Å². The lowest BCUT2D eigenvalue weighted by Crippen LogP contribution is -2.05.